The van der Waals surface area contributed by atoms with Gasteiger partial charge in [0.05, 0.1) is 33.7 Å². The van der Waals surface area contributed by atoms with E-state index in [0.717, 1.165) is 19.3 Å². The molecule has 518 valence electrons. The van der Waals surface area contributed by atoms with Crippen molar-refractivity contribution in [3.8, 4) is 10.6 Å². The van der Waals surface area contributed by atoms with E-state index in [9.17, 15) is 58.9 Å². The Morgan fingerprint density at radius 1 is 0.670 bits per heavy atom. The molecule has 15 nitrogen and oxygen atoms in total. The molecule has 5 aromatic rings. The topological polar surface area (TPSA) is 218 Å². The van der Waals surface area contributed by atoms with Crippen molar-refractivity contribution in [1.82, 2.24) is 0 Å². The number of halogens is 5. The lowest BCUT2D eigenvalue weighted by Gasteiger charge is -2.60. The van der Waals surface area contributed by atoms with Crippen LogP contribution in [-0.2, 0) is 62.5 Å². The van der Waals surface area contributed by atoms with Crippen molar-refractivity contribution < 1.29 is 92.4 Å². The van der Waals surface area contributed by atoms with Crippen LogP contribution >= 0.6 is 10.5 Å². The quantitative estimate of drug-likeness (QED) is 0.0301. The van der Waals surface area contributed by atoms with Gasteiger partial charge < -0.3 is 38.1 Å². The van der Waals surface area contributed by atoms with Crippen LogP contribution in [0.4, 0.5) is 22.0 Å². The number of benzene rings is 4. The molecule has 94 heavy (non-hydrogen) atoms. The maximum atomic E-state index is 13.9. The fourth-order valence-electron chi connectivity index (χ4n) is 12.8. The van der Waals surface area contributed by atoms with Crippen LogP contribution in [0.15, 0.2) is 103 Å². The van der Waals surface area contributed by atoms with Gasteiger partial charge in [-0.2, -0.15) is 22.0 Å². The number of rotatable bonds is 17. The molecule has 0 amide bonds. The Balaban J connectivity index is 0.000000176. The van der Waals surface area contributed by atoms with Crippen molar-refractivity contribution in [2.24, 2.45) is 39.4 Å². The number of fused-ring (bicyclic) bond motifs is 4. The maximum Gasteiger partial charge on any atom is 0.432 e. The van der Waals surface area contributed by atoms with Gasteiger partial charge in [0.25, 0.3) is 6.10 Å². The molecular weight excluding hydrogens is 1260 g/mol. The van der Waals surface area contributed by atoms with Crippen LogP contribution in [0.25, 0.3) is 25.1 Å². The summed E-state index contributed by atoms with van der Waals surface area (Å²) < 4.78 is 135. The maximum absolute atomic E-state index is 13.9. The summed E-state index contributed by atoms with van der Waals surface area (Å²) in [7, 11) is -6.72. The minimum Gasteiger partial charge on any atom is -0.743 e. The number of phenolic OH excluding ortho intramolecular Hbond substituents is 1. The minimum atomic E-state index is -6.78. The molecule has 4 aromatic carbocycles. The fraction of sp³-hybridized carbons (Fsp3) is 0.597. The van der Waals surface area contributed by atoms with Gasteiger partial charge in [0.15, 0.2) is 36.6 Å². The third-order valence-corrected chi connectivity index (χ3v) is 23.2. The zero-order valence-corrected chi connectivity index (χ0v) is 58.0. The summed E-state index contributed by atoms with van der Waals surface area (Å²) in [6.07, 6.45) is -5.77. The molecule has 4 aliphatic carbocycles. The van der Waals surface area contributed by atoms with Gasteiger partial charge in [0.2, 0.25) is 0 Å². The van der Waals surface area contributed by atoms with Gasteiger partial charge >= 0.3 is 41.3 Å². The number of hydrogen-bond donors (Lipinski definition) is 1. The molecule has 3 aliphatic heterocycles. The van der Waals surface area contributed by atoms with Crippen LogP contribution in [0.2, 0.25) is 0 Å². The summed E-state index contributed by atoms with van der Waals surface area (Å²) in [5, 5.41) is 5.89. The average molecular weight is 1360 g/mol. The molecule has 4 heterocycles. The number of ether oxygens (including phenoxy) is 6. The zero-order chi connectivity index (χ0) is 70.0. The van der Waals surface area contributed by atoms with Crippen LogP contribution in [0.1, 0.15) is 185 Å². The molecular formula is C72H93F5O15S2. The normalized spacial score (nSPS) is 25.0. The van der Waals surface area contributed by atoms with Gasteiger partial charge in [-0.1, -0.05) is 96.1 Å². The zero-order valence-electron chi connectivity index (χ0n) is 56.4. The van der Waals surface area contributed by atoms with Crippen molar-refractivity contribution in [2.45, 2.75) is 233 Å². The van der Waals surface area contributed by atoms with Crippen LogP contribution in [-0.4, -0.2) is 101 Å². The largest absolute Gasteiger partial charge is 0.743 e. The molecule has 22 heteroatoms. The van der Waals surface area contributed by atoms with Crippen LogP contribution in [0.3, 0.4) is 0 Å². The first-order valence-corrected chi connectivity index (χ1v) is 35.2. The molecule has 12 rings (SSSR count). The van der Waals surface area contributed by atoms with Crippen LogP contribution < -0.4 is 0 Å². The van der Waals surface area contributed by atoms with E-state index in [4.69, 9.17) is 28.8 Å². The second-order valence-corrected chi connectivity index (χ2v) is 32.1. The van der Waals surface area contributed by atoms with Crippen molar-refractivity contribution in [2.75, 3.05) is 0 Å². The van der Waals surface area contributed by atoms with Crippen LogP contribution in [0, 0.1) is 39.4 Å². The molecule has 7 fully saturated rings. The number of carbonyl (C=O) groups excluding carboxylic acids is 5. The summed E-state index contributed by atoms with van der Waals surface area (Å²) in [6, 6.07) is 35.8. The average Bonchev–Trinajstić information content (AvgIpc) is 1.05. The van der Waals surface area contributed by atoms with E-state index in [-0.39, 0.29) is 88.6 Å². The Labute approximate surface area is 552 Å². The van der Waals surface area contributed by atoms with Gasteiger partial charge in [0, 0.05) is 27.7 Å². The smallest absolute Gasteiger partial charge is 0.432 e. The Kier molecular flexibility index (Phi) is 23.1. The highest BCUT2D eigenvalue weighted by atomic mass is 32.2. The van der Waals surface area contributed by atoms with Crippen molar-refractivity contribution >= 4 is 70.6 Å². The minimum absolute atomic E-state index is 0.0408. The van der Waals surface area contributed by atoms with Crippen LogP contribution in [0.5, 0.6) is 5.75 Å². The van der Waals surface area contributed by atoms with Gasteiger partial charge in [-0.05, 0) is 198 Å². The van der Waals surface area contributed by atoms with E-state index in [1.165, 1.54) is 30.6 Å². The highest BCUT2D eigenvalue weighted by Crippen LogP contribution is 2.64. The fourth-order valence-corrected chi connectivity index (χ4v) is 15.7. The number of aromatic hydroxyl groups is 1. The number of thiophene rings is 1. The van der Waals surface area contributed by atoms with Gasteiger partial charge in [0.1, 0.15) is 23.1 Å². The lowest BCUT2D eigenvalue weighted by molar-refractivity contribution is -0.270. The Bertz CT molecular complexity index is 3530. The number of esters is 5. The molecule has 1 aromatic heterocycles. The van der Waals surface area contributed by atoms with E-state index >= 15 is 0 Å². The number of carbonyl (C=O) groups is 5. The molecule has 1 N–H and O–H groups in total. The molecule has 4 saturated carbocycles. The molecule has 7 aliphatic rings. The molecule has 0 spiro atoms. The lowest BCUT2D eigenvalue weighted by atomic mass is 9.48. The third kappa shape index (κ3) is 16.6. The van der Waals surface area contributed by atoms with E-state index in [1.807, 2.05) is 74.4 Å². The molecule has 6 bridgehead atoms. The second-order valence-electron chi connectivity index (χ2n) is 28.6. The number of alkyl halides is 5. The first-order chi connectivity index (χ1) is 43.6. The summed E-state index contributed by atoms with van der Waals surface area (Å²) in [5.41, 5.74) is -3.53. The monoisotopic (exact) mass is 1360 g/mol. The SMILES string of the molecule is CCC(C)(C)C(=O)OC12CC3CC(C1)CC(C(=O)OC(C(F)(F)F)C(F)(F)S(=O)(=O)[O-])(C3)C2.CCC(C)(C)C(=O)OC1C2CC3C(=O)OC1C3O2.CCC(C)(C)OC(=O)C(C)(C)CC.CCC(C)c1ccc(O)cc1.c1ccc(-[s+]2c3ccccc3c3ccccc32)cc1. The Morgan fingerprint density at radius 3 is 1.66 bits per heavy atom. The predicted octanol–water partition coefficient (Wildman–Crippen LogP) is 16.8. The molecule has 9 atom stereocenters. The van der Waals surface area contributed by atoms with E-state index in [1.54, 1.807) is 32.9 Å². The second kappa shape index (κ2) is 28.8. The van der Waals surface area contributed by atoms with E-state index < -0.39 is 73.6 Å². The molecule has 3 saturated heterocycles. The van der Waals surface area contributed by atoms with E-state index in [0.29, 0.717) is 50.2 Å². The summed E-state index contributed by atoms with van der Waals surface area (Å²) in [5.74, 6) is -2.35. The molecule has 9 unspecified atom stereocenters. The van der Waals surface area contributed by atoms with Gasteiger partial charge in [-0.3, -0.25) is 24.0 Å². The van der Waals surface area contributed by atoms with Crippen molar-refractivity contribution in [1.29, 1.82) is 0 Å². The summed E-state index contributed by atoms with van der Waals surface area (Å²) >= 11 is 0. The first kappa shape index (κ1) is 75.2. The lowest BCUT2D eigenvalue weighted by Crippen LogP contribution is -2.62. The Morgan fingerprint density at radius 2 is 1.17 bits per heavy atom. The molecule has 0 radical (unpaired) electrons. The number of hydrogen-bond acceptors (Lipinski definition) is 15. The first-order valence-electron chi connectivity index (χ1n) is 32.6. The Hall–Kier alpha value is -6.23. The summed E-state index contributed by atoms with van der Waals surface area (Å²) in [4.78, 5) is 62.3. The predicted molar refractivity (Wildman–Crippen MR) is 348 cm³/mol. The van der Waals surface area contributed by atoms with E-state index in [2.05, 4.69) is 97.4 Å². The van der Waals surface area contributed by atoms with Gasteiger partial charge in [-0.15, -0.1) is 0 Å². The third-order valence-electron chi connectivity index (χ3n) is 20.0. The van der Waals surface area contributed by atoms with Crippen molar-refractivity contribution in [3.63, 3.8) is 0 Å². The summed E-state index contributed by atoms with van der Waals surface area (Å²) in [6.45, 7) is 26.9. The van der Waals surface area contributed by atoms with Crippen molar-refractivity contribution in [3.05, 3.63) is 109 Å². The highest BCUT2D eigenvalue weighted by molar-refractivity contribution is 7.86. The van der Waals surface area contributed by atoms with Gasteiger partial charge in [-0.25, -0.2) is 8.42 Å². The highest BCUT2D eigenvalue weighted by Gasteiger charge is 2.68. The standard InChI is InChI=1S/C20H27F5O7S.C18H13S.C13H18O5.C11H22O2.C10H14O/c1-4-16(2,3)14(26)32-18-8-11-5-12(9-18)7-17(6-11,10-18)15(27)31-13(19(21,22)23)20(24,25)33(28,29)30;1-2-8-14(9-3-1)19-17-12-6-4-10-15(17)16-11-5-7-13-18(16)19;1-4-13(2,3)12(15)18-9-7-5-6-8(16-7)10(9)17-11(6)14;1-7-10(3,4)9(12)13-11(5,6)8-2;1-3-8(2)9-4-6-10(11)7-5-9/h11-13H,4-10H2,1-3H3,(H,28,29,30);1-13H;6-10H,4-5H2,1-3H3;7-8H2,1-6H3;4-8,11H,3H2,1-2H3/q;+1;;;/p-1. The number of phenols is 1.